The number of rotatable bonds is 3. The highest BCUT2D eigenvalue weighted by Crippen LogP contribution is 2.22. The minimum absolute atomic E-state index is 0.770. The Hall–Kier alpha value is -0.430. The molecule has 0 fully saturated rings. The van der Waals surface area contributed by atoms with Crippen molar-refractivity contribution in [3.05, 3.63) is 29.3 Å². The fraction of sp³-hybridized carbons (Fsp3) is 0.500. The fourth-order valence-electron chi connectivity index (χ4n) is 1.07. The number of thioether (sulfide) groups is 1. The Morgan fingerprint density at radius 2 is 1.85 bits per heavy atom. The molecular weight excluding hydrogens is 176 g/mol. The minimum Gasteiger partial charge on any atom is -0.126 e. The first kappa shape index (κ1) is 10.6. The van der Waals surface area contributed by atoms with Gasteiger partial charge in [-0.3, -0.25) is 0 Å². The van der Waals surface area contributed by atoms with Crippen LogP contribution >= 0.6 is 11.8 Å². The monoisotopic (exact) mass is 194 g/mol. The van der Waals surface area contributed by atoms with Crippen LogP contribution in [0, 0.1) is 19.8 Å². The summed E-state index contributed by atoms with van der Waals surface area (Å²) in [5.74, 6) is 1.98. The molecular formula is C12H18S. The summed E-state index contributed by atoms with van der Waals surface area (Å²) in [5.41, 5.74) is 2.78. The van der Waals surface area contributed by atoms with Crippen molar-refractivity contribution in [1.29, 1.82) is 0 Å². The first-order valence-electron chi connectivity index (χ1n) is 4.79. The van der Waals surface area contributed by atoms with Crippen molar-refractivity contribution >= 4 is 11.8 Å². The van der Waals surface area contributed by atoms with Gasteiger partial charge in [-0.2, -0.15) is 0 Å². The van der Waals surface area contributed by atoms with Gasteiger partial charge in [-0.05, 0) is 43.0 Å². The third-order valence-electron chi connectivity index (χ3n) is 2.06. The van der Waals surface area contributed by atoms with Crippen molar-refractivity contribution in [3.63, 3.8) is 0 Å². The average Bonchev–Trinajstić information content (AvgIpc) is 2.07. The van der Waals surface area contributed by atoms with Crippen LogP contribution in [0.25, 0.3) is 0 Å². The van der Waals surface area contributed by atoms with Crippen molar-refractivity contribution < 1.29 is 0 Å². The highest BCUT2D eigenvalue weighted by atomic mass is 32.2. The van der Waals surface area contributed by atoms with E-state index in [1.54, 1.807) is 0 Å². The molecule has 0 aromatic heterocycles. The largest absolute Gasteiger partial charge is 0.126 e. The summed E-state index contributed by atoms with van der Waals surface area (Å²) in [6.07, 6.45) is 0. The van der Waals surface area contributed by atoms with E-state index in [-0.39, 0.29) is 0 Å². The molecule has 0 atom stereocenters. The Kier molecular flexibility index (Phi) is 3.86. The zero-order chi connectivity index (χ0) is 9.84. The number of aryl methyl sites for hydroxylation is 2. The maximum Gasteiger partial charge on any atom is 0.00748 e. The van der Waals surface area contributed by atoms with Crippen molar-refractivity contribution in [1.82, 2.24) is 0 Å². The van der Waals surface area contributed by atoms with Gasteiger partial charge in [0.25, 0.3) is 0 Å². The van der Waals surface area contributed by atoms with Crippen molar-refractivity contribution in [3.8, 4) is 0 Å². The number of benzene rings is 1. The number of hydrogen-bond donors (Lipinski definition) is 0. The molecule has 72 valence electrons. The molecule has 13 heavy (non-hydrogen) atoms. The molecule has 1 heteroatoms. The molecule has 0 aliphatic carbocycles. The van der Waals surface area contributed by atoms with Gasteiger partial charge in [0.2, 0.25) is 0 Å². The molecule has 0 nitrogen and oxygen atoms in total. The maximum absolute atomic E-state index is 2.28. The quantitative estimate of drug-likeness (QED) is 0.654. The van der Waals surface area contributed by atoms with E-state index in [4.69, 9.17) is 0 Å². The Labute approximate surface area is 85.7 Å². The highest BCUT2D eigenvalue weighted by Gasteiger charge is 1.98. The Morgan fingerprint density at radius 1 is 1.15 bits per heavy atom. The molecule has 0 unspecified atom stereocenters. The third kappa shape index (κ3) is 3.43. The predicted octanol–water partition coefficient (Wildman–Crippen LogP) is 4.05. The summed E-state index contributed by atoms with van der Waals surface area (Å²) in [6, 6.07) is 6.70. The van der Waals surface area contributed by atoms with E-state index in [1.807, 2.05) is 11.8 Å². The van der Waals surface area contributed by atoms with E-state index in [9.17, 15) is 0 Å². The van der Waals surface area contributed by atoms with E-state index in [0.717, 1.165) is 5.92 Å². The summed E-state index contributed by atoms with van der Waals surface area (Å²) in [4.78, 5) is 1.40. The van der Waals surface area contributed by atoms with Crippen molar-refractivity contribution in [2.75, 3.05) is 5.75 Å². The van der Waals surface area contributed by atoms with Crippen LogP contribution in [0.2, 0.25) is 0 Å². The second kappa shape index (κ2) is 4.71. The van der Waals surface area contributed by atoms with E-state index in [1.165, 1.54) is 21.8 Å². The number of hydrogen-bond acceptors (Lipinski definition) is 1. The third-order valence-corrected chi connectivity index (χ3v) is 3.48. The van der Waals surface area contributed by atoms with Crippen LogP contribution in [-0.2, 0) is 0 Å². The van der Waals surface area contributed by atoms with Crippen LogP contribution < -0.4 is 0 Å². The van der Waals surface area contributed by atoms with Crippen LogP contribution in [-0.4, -0.2) is 5.75 Å². The molecule has 0 bridgehead atoms. The lowest BCUT2D eigenvalue weighted by Crippen LogP contribution is -1.90. The standard InChI is InChI=1S/C12H18S/c1-9(2)8-13-12-6-5-10(3)11(4)7-12/h5-7,9H,8H2,1-4H3. The molecule has 1 rings (SSSR count). The summed E-state index contributed by atoms with van der Waals surface area (Å²) >= 11 is 1.95. The van der Waals surface area contributed by atoms with Gasteiger partial charge in [-0.25, -0.2) is 0 Å². The van der Waals surface area contributed by atoms with Gasteiger partial charge >= 0.3 is 0 Å². The molecule has 0 aliphatic rings. The van der Waals surface area contributed by atoms with E-state index >= 15 is 0 Å². The highest BCUT2D eigenvalue weighted by molar-refractivity contribution is 7.99. The fourth-order valence-corrected chi connectivity index (χ4v) is 2.02. The van der Waals surface area contributed by atoms with Crippen LogP contribution in [0.3, 0.4) is 0 Å². The van der Waals surface area contributed by atoms with Gasteiger partial charge in [0.15, 0.2) is 0 Å². The lowest BCUT2D eigenvalue weighted by Gasteiger charge is -2.06. The molecule has 0 heterocycles. The van der Waals surface area contributed by atoms with Crippen LogP contribution in [0.5, 0.6) is 0 Å². The summed E-state index contributed by atoms with van der Waals surface area (Å²) in [5, 5.41) is 0. The first-order chi connectivity index (χ1) is 6.09. The van der Waals surface area contributed by atoms with Gasteiger partial charge in [0.1, 0.15) is 0 Å². The molecule has 1 aromatic rings. The zero-order valence-corrected chi connectivity index (χ0v) is 9.74. The smallest absolute Gasteiger partial charge is 0.00748 e. The summed E-state index contributed by atoms with van der Waals surface area (Å²) < 4.78 is 0. The molecule has 0 radical (unpaired) electrons. The van der Waals surface area contributed by atoms with Gasteiger partial charge in [0, 0.05) is 10.6 Å². The second-order valence-electron chi connectivity index (χ2n) is 3.95. The Morgan fingerprint density at radius 3 is 2.38 bits per heavy atom. The predicted molar refractivity (Wildman–Crippen MR) is 61.5 cm³/mol. The van der Waals surface area contributed by atoms with E-state index in [0.29, 0.717) is 0 Å². The van der Waals surface area contributed by atoms with Crippen LogP contribution in [0.4, 0.5) is 0 Å². The molecule has 0 saturated heterocycles. The van der Waals surface area contributed by atoms with E-state index in [2.05, 4.69) is 45.9 Å². The Bertz CT molecular complexity index is 276. The summed E-state index contributed by atoms with van der Waals surface area (Å²) in [7, 11) is 0. The lowest BCUT2D eigenvalue weighted by molar-refractivity contribution is 0.750. The molecule has 1 aromatic carbocycles. The molecule has 0 saturated carbocycles. The molecule has 0 amide bonds. The molecule has 0 aliphatic heterocycles. The van der Waals surface area contributed by atoms with Crippen LogP contribution in [0.1, 0.15) is 25.0 Å². The summed E-state index contributed by atoms with van der Waals surface area (Å²) in [6.45, 7) is 8.85. The SMILES string of the molecule is Cc1ccc(SCC(C)C)cc1C. The van der Waals surface area contributed by atoms with E-state index < -0.39 is 0 Å². The normalized spacial score (nSPS) is 10.8. The maximum atomic E-state index is 2.28. The van der Waals surface area contributed by atoms with Gasteiger partial charge < -0.3 is 0 Å². The first-order valence-corrected chi connectivity index (χ1v) is 5.78. The van der Waals surface area contributed by atoms with Gasteiger partial charge in [-0.15, -0.1) is 11.8 Å². The van der Waals surface area contributed by atoms with Crippen molar-refractivity contribution in [2.45, 2.75) is 32.6 Å². The lowest BCUT2D eigenvalue weighted by atomic mass is 10.1. The minimum atomic E-state index is 0.770. The van der Waals surface area contributed by atoms with Gasteiger partial charge in [0.05, 0.1) is 0 Å². The molecule has 0 spiro atoms. The zero-order valence-electron chi connectivity index (χ0n) is 8.92. The van der Waals surface area contributed by atoms with Gasteiger partial charge in [-0.1, -0.05) is 19.9 Å². The van der Waals surface area contributed by atoms with Crippen LogP contribution in [0.15, 0.2) is 23.1 Å². The average molecular weight is 194 g/mol. The Balaban J connectivity index is 2.63. The molecule has 0 N–H and O–H groups in total. The van der Waals surface area contributed by atoms with Crippen molar-refractivity contribution in [2.24, 2.45) is 5.92 Å². The topological polar surface area (TPSA) is 0 Å². The second-order valence-corrected chi connectivity index (χ2v) is 5.04.